The van der Waals surface area contributed by atoms with Crippen LogP contribution in [0.2, 0.25) is 0 Å². The highest BCUT2D eigenvalue weighted by atomic mass is 35.5. The smallest absolute Gasteiger partial charge is 0.337 e. The van der Waals surface area contributed by atoms with E-state index in [0.717, 1.165) is 16.9 Å². The van der Waals surface area contributed by atoms with Crippen LogP contribution in [-0.2, 0) is 11.3 Å². The number of anilines is 1. The van der Waals surface area contributed by atoms with Crippen molar-refractivity contribution in [2.75, 3.05) is 12.8 Å². The number of nitrogens with two attached hydrogens (primary N) is 1. The van der Waals surface area contributed by atoms with Crippen LogP contribution in [0.3, 0.4) is 0 Å². The number of hydrogen-bond donors (Lipinski definition) is 1. The van der Waals surface area contributed by atoms with Crippen LogP contribution in [0.1, 0.15) is 15.9 Å². The number of aromatic nitrogens is 1. The predicted molar refractivity (Wildman–Crippen MR) is 95.7 cm³/mol. The van der Waals surface area contributed by atoms with Gasteiger partial charge in [0.1, 0.15) is 30.0 Å². The maximum Gasteiger partial charge on any atom is 0.337 e. The Morgan fingerprint density at radius 3 is 2.36 bits per heavy atom. The molecule has 2 N–H and O–H groups in total. The van der Waals surface area contributed by atoms with E-state index < -0.39 is 0 Å². The number of methoxy groups -OCH3 is 1. The zero-order valence-corrected chi connectivity index (χ0v) is 14.3. The molecule has 0 unspecified atom stereocenters. The Balaban J connectivity index is 0.00000225. The minimum atomic E-state index is -0.356. The molecule has 0 aliphatic rings. The minimum absolute atomic E-state index is 0. The summed E-state index contributed by atoms with van der Waals surface area (Å²) in [5.41, 5.74) is 9.19. The quantitative estimate of drug-likeness (QED) is 0.698. The van der Waals surface area contributed by atoms with Gasteiger partial charge in [0.15, 0.2) is 0 Å². The molecule has 25 heavy (non-hydrogen) atoms. The first kappa shape index (κ1) is 18.4. The molecule has 0 bridgehead atoms. The lowest BCUT2D eigenvalue weighted by molar-refractivity contribution is 0.0600. The van der Waals surface area contributed by atoms with Gasteiger partial charge in [-0.15, -0.1) is 12.4 Å². The molecule has 0 atom stereocenters. The molecule has 0 aliphatic heterocycles. The molecular formula is C18H17ClN2O4. The summed E-state index contributed by atoms with van der Waals surface area (Å²) >= 11 is 0. The average molecular weight is 361 g/mol. The van der Waals surface area contributed by atoms with E-state index in [4.69, 9.17) is 15.0 Å². The number of rotatable bonds is 5. The summed E-state index contributed by atoms with van der Waals surface area (Å²) in [6.07, 6.45) is 1.40. The lowest BCUT2D eigenvalue weighted by Crippen LogP contribution is -2.02. The Kier molecular flexibility index (Phi) is 6.03. The molecule has 1 aromatic heterocycles. The van der Waals surface area contributed by atoms with Gasteiger partial charge in [-0.2, -0.15) is 0 Å². The Morgan fingerprint density at radius 2 is 1.80 bits per heavy atom. The molecule has 130 valence electrons. The molecule has 0 saturated heterocycles. The fourth-order valence-corrected chi connectivity index (χ4v) is 2.19. The molecule has 0 radical (unpaired) electrons. The number of hydrogen-bond acceptors (Lipinski definition) is 6. The number of nitrogens with zero attached hydrogens (tertiary/aromatic N) is 1. The first-order valence-corrected chi connectivity index (χ1v) is 7.27. The second-order valence-electron chi connectivity index (χ2n) is 5.12. The van der Waals surface area contributed by atoms with E-state index in [1.807, 2.05) is 36.4 Å². The standard InChI is InChI=1S/C18H16N2O4.ClH/c1-22-18(21)14-4-2-12(3-5-14)10-23-15-8-6-13(7-9-15)17-16(19)11-24-20-17;/h2-9,11H,10,19H2,1H3;1H. The first-order chi connectivity index (χ1) is 11.7. The summed E-state index contributed by atoms with van der Waals surface area (Å²) < 4.78 is 15.2. The van der Waals surface area contributed by atoms with E-state index in [9.17, 15) is 4.79 Å². The van der Waals surface area contributed by atoms with Crippen LogP contribution in [0.5, 0.6) is 5.75 Å². The number of carbonyl (C=O) groups is 1. The second-order valence-corrected chi connectivity index (χ2v) is 5.12. The number of nitrogen functional groups attached to an aromatic ring is 1. The van der Waals surface area contributed by atoms with Gasteiger partial charge in [0, 0.05) is 5.56 Å². The molecule has 0 saturated carbocycles. The zero-order chi connectivity index (χ0) is 16.9. The van der Waals surface area contributed by atoms with E-state index in [1.54, 1.807) is 12.1 Å². The molecule has 7 heteroatoms. The summed E-state index contributed by atoms with van der Waals surface area (Å²) in [6, 6.07) is 14.5. The van der Waals surface area contributed by atoms with Gasteiger partial charge in [0.25, 0.3) is 0 Å². The summed E-state index contributed by atoms with van der Waals surface area (Å²) in [5.74, 6) is 0.364. The van der Waals surface area contributed by atoms with Gasteiger partial charge < -0.3 is 19.7 Å². The lowest BCUT2D eigenvalue weighted by Gasteiger charge is -2.07. The molecule has 0 fully saturated rings. The third-order valence-electron chi connectivity index (χ3n) is 3.51. The van der Waals surface area contributed by atoms with Gasteiger partial charge in [0.2, 0.25) is 0 Å². The Bertz CT molecular complexity index is 829. The maximum absolute atomic E-state index is 11.4. The molecule has 2 aromatic carbocycles. The van der Waals surface area contributed by atoms with Gasteiger partial charge in [0.05, 0.1) is 12.7 Å². The fraction of sp³-hybridized carbons (Fsp3) is 0.111. The van der Waals surface area contributed by atoms with Crippen molar-refractivity contribution in [1.29, 1.82) is 0 Å². The predicted octanol–water partition coefficient (Wildman–Crippen LogP) is 3.71. The lowest BCUT2D eigenvalue weighted by atomic mass is 10.1. The number of benzene rings is 2. The molecule has 3 rings (SSSR count). The fourth-order valence-electron chi connectivity index (χ4n) is 2.19. The van der Waals surface area contributed by atoms with Gasteiger partial charge >= 0.3 is 5.97 Å². The third kappa shape index (κ3) is 4.30. The minimum Gasteiger partial charge on any atom is -0.489 e. The van der Waals surface area contributed by atoms with Crippen molar-refractivity contribution >= 4 is 24.1 Å². The van der Waals surface area contributed by atoms with Crippen LogP contribution in [0.25, 0.3) is 11.3 Å². The van der Waals surface area contributed by atoms with E-state index in [-0.39, 0.29) is 18.4 Å². The van der Waals surface area contributed by atoms with Crippen LogP contribution in [0.15, 0.2) is 59.3 Å². The number of ether oxygens (including phenoxy) is 2. The van der Waals surface area contributed by atoms with Crippen LogP contribution < -0.4 is 10.5 Å². The van der Waals surface area contributed by atoms with Crippen molar-refractivity contribution in [3.05, 3.63) is 65.9 Å². The SMILES string of the molecule is COC(=O)c1ccc(COc2ccc(-c3nocc3N)cc2)cc1.Cl. The van der Waals surface area contributed by atoms with E-state index in [1.165, 1.54) is 13.4 Å². The van der Waals surface area contributed by atoms with Gasteiger partial charge in [-0.25, -0.2) is 4.79 Å². The van der Waals surface area contributed by atoms with Crippen molar-refractivity contribution < 1.29 is 18.8 Å². The van der Waals surface area contributed by atoms with Crippen molar-refractivity contribution in [2.45, 2.75) is 6.61 Å². The van der Waals surface area contributed by atoms with Crippen LogP contribution >= 0.6 is 12.4 Å². The van der Waals surface area contributed by atoms with Gasteiger partial charge in [-0.3, -0.25) is 0 Å². The topological polar surface area (TPSA) is 87.6 Å². The van der Waals surface area contributed by atoms with Gasteiger partial charge in [-0.05, 0) is 42.0 Å². The van der Waals surface area contributed by atoms with Crippen LogP contribution in [-0.4, -0.2) is 18.2 Å². The number of esters is 1. The highest BCUT2D eigenvalue weighted by Gasteiger charge is 2.08. The normalized spacial score (nSPS) is 9.96. The number of carbonyl (C=O) groups excluding carboxylic acids is 1. The van der Waals surface area contributed by atoms with Crippen LogP contribution in [0, 0.1) is 0 Å². The maximum atomic E-state index is 11.4. The molecule has 1 heterocycles. The highest BCUT2D eigenvalue weighted by molar-refractivity contribution is 5.89. The Hall–Kier alpha value is -2.99. The van der Waals surface area contributed by atoms with Gasteiger partial charge in [-0.1, -0.05) is 17.3 Å². The Labute approximate surface area is 150 Å². The third-order valence-corrected chi connectivity index (χ3v) is 3.51. The monoisotopic (exact) mass is 360 g/mol. The molecule has 0 spiro atoms. The highest BCUT2D eigenvalue weighted by Crippen LogP contribution is 2.26. The first-order valence-electron chi connectivity index (χ1n) is 7.27. The van der Waals surface area contributed by atoms with Crippen molar-refractivity contribution in [3.63, 3.8) is 0 Å². The summed E-state index contributed by atoms with van der Waals surface area (Å²) in [4.78, 5) is 11.4. The largest absolute Gasteiger partial charge is 0.489 e. The average Bonchev–Trinajstić information content (AvgIpc) is 3.06. The summed E-state index contributed by atoms with van der Waals surface area (Å²) in [6.45, 7) is 0.396. The van der Waals surface area contributed by atoms with Crippen molar-refractivity contribution in [3.8, 4) is 17.0 Å². The van der Waals surface area contributed by atoms with E-state index >= 15 is 0 Å². The van der Waals surface area contributed by atoms with E-state index in [2.05, 4.69) is 9.89 Å². The molecule has 0 amide bonds. The Morgan fingerprint density at radius 1 is 1.12 bits per heavy atom. The molecular weight excluding hydrogens is 344 g/mol. The second kappa shape index (κ2) is 8.21. The summed E-state index contributed by atoms with van der Waals surface area (Å²) in [7, 11) is 1.36. The molecule has 6 nitrogen and oxygen atoms in total. The van der Waals surface area contributed by atoms with E-state index in [0.29, 0.717) is 23.6 Å². The van der Waals surface area contributed by atoms with Crippen molar-refractivity contribution in [2.24, 2.45) is 0 Å². The summed E-state index contributed by atoms with van der Waals surface area (Å²) in [5, 5.41) is 3.86. The van der Waals surface area contributed by atoms with Crippen LogP contribution in [0.4, 0.5) is 5.69 Å². The zero-order valence-electron chi connectivity index (χ0n) is 13.5. The molecule has 0 aliphatic carbocycles. The molecule has 3 aromatic rings. The number of halogens is 1. The van der Waals surface area contributed by atoms with Crippen molar-refractivity contribution in [1.82, 2.24) is 5.16 Å².